The molecule has 0 aliphatic carbocycles. The summed E-state index contributed by atoms with van der Waals surface area (Å²) in [6, 6.07) is 3.55. The molecule has 15 heteroatoms. The lowest BCUT2D eigenvalue weighted by Crippen LogP contribution is -2.41. The molecule has 2 aliphatic heterocycles. The maximum absolute atomic E-state index is 15.2. The highest BCUT2D eigenvalue weighted by Crippen LogP contribution is 2.31. The van der Waals surface area contributed by atoms with Crippen molar-refractivity contribution >= 4 is 40.9 Å². The fraction of sp³-hybridized carbons (Fsp3) is 0.500. The van der Waals surface area contributed by atoms with E-state index in [4.69, 9.17) is 26.5 Å². The van der Waals surface area contributed by atoms with Gasteiger partial charge in [0.15, 0.2) is 11.6 Å². The first-order valence-electron chi connectivity index (χ1n) is 11.9. The minimum Gasteiger partial charge on any atom is -0.474 e. The molecule has 3 heterocycles. The van der Waals surface area contributed by atoms with E-state index in [1.165, 1.54) is 12.0 Å². The largest absolute Gasteiger partial charge is 0.474 e. The Labute approximate surface area is 230 Å². The number of methoxy groups -OCH3 is 1. The third-order valence-corrected chi connectivity index (χ3v) is 6.47. The molecule has 2 saturated heterocycles. The number of benzene rings is 1. The fourth-order valence-corrected chi connectivity index (χ4v) is 4.21. The Morgan fingerprint density at radius 3 is 2.56 bits per heavy atom. The molecule has 1 aromatic heterocycles. The summed E-state index contributed by atoms with van der Waals surface area (Å²) >= 11 is 4.89. The minimum absolute atomic E-state index is 0. The highest BCUT2D eigenvalue weighted by Gasteiger charge is 2.34. The van der Waals surface area contributed by atoms with Crippen molar-refractivity contribution in [3.63, 3.8) is 0 Å². The molecule has 0 bridgehead atoms. The van der Waals surface area contributed by atoms with Gasteiger partial charge < -0.3 is 25.0 Å². The van der Waals surface area contributed by atoms with Crippen LogP contribution in [-0.4, -0.2) is 84.7 Å². The van der Waals surface area contributed by atoms with Gasteiger partial charge in [-0.15, -0.1) is 0 Å². The molecule has 1 aromatic carbocycles. The van der Waals surface area contributed by atoms with Crippen LogP contribution in [0.1, 0.15) is 18.8 Å². The zero-order valence-electron chi connectivity index (χ0n) is 21.2. The predicted molar refractivity (Wildman–Crippen MR) is 143 cm³/mol. The monoisotopic (exact) mass is 569 g/mol. The molecule has 0 spiro atoms. The number of thiocarbonyl (C=S) groups is 1. The molecule has 2 fully saturated rings. The number of aromatic nitrogens is 2. The predicted octanol–water partition coefficient (Wildman–Crippen LogP) is 2.45. The van der Waals surface area contributed by atoms with Crippen LogP contribution in [0.4, 0.5) is 29.7 Å². The van der Waals surface area contributed by atoms with Gasteiger partial charge in [-0.2, -0.15) is 5.10 Å². The average molecular weight is 570 g/mol. The van der Waals surface area contributed by atoms with Gasteiger partial charge in [-0.1, -0.05) is 7.43 Å². The van der Waals surface area contributed by atoms with Crippen molar-refractivity contribution in [2.75, 3.05) is 56.2 Å². The van der Waals surface area contributed by atoms with E-state index in [1.807, 2.05) is 20.0 Å². The number of ether oxygens (including phenoxy) is 2. The minimum atomic E-state index is -0.849. The lowest BCUT2D eigenvalue weighted by molar-refractivity contribution is -0.104. The first kappa shape index (κ1) is 29.8. The number of rotatable bonds is 6. The van der Waals surface area contributed by atoms with Gasteiger partial charge in [0, 0.05) is 38.0 Å². The number of anilines is 2. The van der Waals surface area contributed by atoms with E-state index in [9.17, 15) is 9.59 Å². The first-order chi connectivity index (χ1) is 18.2. The number of cyclic esters (lactones) is 1. The third-order valence-electron chi connectivity index (χ3n) is 6.16. The summed E-state index contributed by atoms with van der Waals surface area (Å²) in [6.45, 7) is 2.77. The van der Waals surface area contributed by atoms with Gasteiger partial charge in [0.2, 0.25) is 0 Å². The number of carbonyl (C=O) groups excluding carboxylic acids is 2. The van der Waals surface area contributed by atoms with Gasteiger partial charge in [0.25, 0.3) is 5.17 Å². The molecule has 12 nitrogen and oxygen atoms in total. The number of hydrogen-bond acceptors (Lipinski definition) is 8. The highest BCUT2D eigenvalue weighted by atomic mass is 32.1. The van der Waals surface area contributed by atoms with E-state index >= 15 is 8.78 Å². The van der Waals surface area contributed by atoms with E-state index in [-0.39, 0.29) is 69.9 Å². The third kappa shape index (κ3) is 7.03. The number of carbonyl (C=O) groups is 2. The van der Waals surface area contributed by atoms with Crippen molar-refractivity contribution in [3.05, 3.63) is 41.2 Å². The van der Waals surface area contributed by atoms with Crippen molar-refractivity contribution in [2.45, 2.75) is 27.0 Å². The Morgan fingerprint density at radius 2 is 1.92 bits per heavy atom. The fourth-order valence-electron chi connectivity index (χ4n) is 4.13. The van der Waals surface area contributed by atoms with Gasteiger partial charge in [-0.05, 0) is 25.2 Å². The lowest BCUT2D eigenvalue weighted by Gasteiger charge is -2.24. The number of hydroxylamine groups is 2. The molecule has 39 heavy (non-hydrogen) atoms. The molecule has 2 N–H and O–H groups in total. The van der Waals surface area contributed by atoms with Crippen molar-refractivity contribution in [1.29, 1.82) is 0 Å². The number of nitrogens with one attached hydrogen (secondary N) is 2. The van der Waals surface area contributed by atoms with Crippen LogP contribution in [0.2, 0.25) is 0 Å². The van der Waals surface area contributed by atoms with Crippen molar-refractivity contribution in [2.24, 2.45) is 7.05 Å². The van der Waals surface area contributed by atoms with Crippen molar-refractivity contribution in [3.8, 4) is 0 Å². The molecule has 214 valence electrons. The molecule has 2 aromatic rings. The summed E-state index contributed by atoms with van der Waals surface area (Å²) in [5.41, 5.74) is 1.42. The normalized spacial score (nSPS) is 17.3. The summed E-state index contributed by atoms with van der Waals surface area (Å²) in [6.07, 6.45) is -1.31. The van der Waals surface area contributed by atoms with Gasteiger partial charge >= 0.3 is 12.1 Å². The first-order valence-corrected chi connectivity index (χ1v) is 12.3. The topological polar surface area (TPSA) is 113 Å². The zero-order chi connectivity index (χ0) is 27.4. The standard InChI is InChI=1S/C23H29F2N7O5S.CH4/c1-14-8-15(28-29(14)2)11-26-21(33)32-5-4-30(6-7-36-32)20-18(24)9-16(10-19(20)25)31-13-17(37-23(31)34)12-27-22(38)35-3;/h8-10,17H,4-7,11-13H2,1-3H3,(H,26,33)(H,27,38);1H4/t17-;/m0./s1. The van der Waals surface area contributed by atoms with Crippen LogP contribution in [0.5, 0.6) is 0 Å². The Hall–Kier alpha value is -3.72. The number of urea groups is 1. The number of halogens is 2. The molecular formula is C24H33F2N7O5S. The zero-order valence-corrected chi connectivity index (χ0v) is 22.0. The van der Waals surface area contributed by atoms with Crippen molar-refractivity contribution < 1.29 is 32.7 Å². The second-order valence-corrected chi connectivity index (χ2v) is 9.10. The Morgan fingerprint density at radius 1 is 1.21 bits per heavy atom. The summed E-state index contributed by atoms with van der Waals surface area (Å²) in [4.78, 5) is 33.0. The number of amides is 3. The summed E-state index contributed by atoms with van der Waals surface area (Å²) in [5.74, 6) is -1.70. The SMILES string of the molecule is C.COC(=S)NC[C@H]1CN(c2cc(F)c(N3CCON(C(=O)NCc4cc(C)n(C)n4)CC3)c(F)c2)C(=O)O1. The van der Waals surface area contributed by atoms with Gasteiger partial charge in [0.05, 0.1) is 51.3 Å². The van der Waals surface area contributed by atoms with Crippen LogP contribution in [0, 0.1) is 18.6 Å². The second-order valence-electron chi connectivity index (χ2n) is 8.73. The summed E-state index contributed by atoms with van der Waals surface area (Å²) < 4.78 is 42.1. The van der Waals surface area contributed by atoms with E-state index in [0.29, 0.717) is 5.69 Å². The lowest BCUT2D eigenvalue weighted by atomic mass is 10.2. The van der Waals surface area contributed by atoms with Gasteiger partial charge in [-0.25, -0.2) is 23.4 Å². The molecule has 0 saturated carbocycles. The smallest absolute Gasteiger partial charge is 0.414 e. The molecular weight excluding hydrogens is 536 g/mol. The summed E-state index contributed by atoms with van der Waals surface area (Å²) in [7, 11) is 3.21. The van der Waals surface area contributed by atoms with Crippen LogP contribution in [0.3, 0.4) is 0 Å². The molecule has 2 aliphatic rings. The number of hydrogen-bond donors (Lipinski definition) is 2. The van der Waals surface area contributed by atoms with E-state index in [0.717, 1.165) is 27.8 Å². The van der Waals surface area contributed by atoms with Crippen LogP contribution in [0.25, 0.3) is 0 Å². The van der Waals surface area contributed by atoms with E-state index < -0.39 is 29.9 Å². The molecule has 0 radical (unpaired) electrons. The van der Waals surface area contributed by atoms with E-state index in [2.05, 4.69) is 15.7 Å². The average Bonchev–Trinajstić information content (AvgIpc) is 3.30. The van der Waals surface area contributed by atoms with Gasteiger partial charge in [-0.3, -0.25) is 14.4 Å². The van der Waals surface area contributed by atoms with Crippen LogP contribution in [0.15, 0.2) is 18.2 Å². The molecule has 0 unspecified atom stereocenters. The Balaban J connectivity index is 0.00000420. The molecule has 4 rings (SSSR count). The second kappa shape index (κ2) is 12.9. The van der Waals surface area contributed by atoms with Crippen LogP contribution in [-0.2, 0) is 27.9 Å². The summed E-state index contributed by atoms with van der Waals surface area (Å²) in [5, 5.41) is 11.1. The quantitative estimate of drug-likeness (QED) is 0.507. The molecule has 1 atom stereocenters. The van der Waals surface area contributed by atoms with Gasteiger partial charge in [0.1, 0.15) is 11.8 Å². The Kier molecular flexibility index (Phi) is 9.86. The Bertz CT molecular complexity index is 1170. The van der Waals surface area contributed by atoms with Crippen LogP contribution < -0.4 is 20.4 Å². The van der Waals surface area contributed by atoms with Crippen LogP contribution >= 0.6 is 12.2 Å². The maximum Gasteiger partial charge on any atom is 0.414 e. The maximum atomic E-state index is 15.2. The van der Waals surface area contributed by atoms with Crippen molar-refractivity contribution in [1.82, 2.24) is 25.5 Å². The van der Waals surface area contributed by atoms with E-state index in [1.54, 1.807) is 4.68 Å². The number of aryl methyl sites for hydroxylation is 2. The number of nitrogens with zero attached hydrogens (tertiary/aromatic N) is 5. The molecule has 3 amide bonds. The highest BCUT2D eigenvalue weighted by molar-refractivity contribution is 7.80.